The van der Waals surface area contributed by atoms with E-state index in [2.05, 4.69) is 27.8 Å². The highest BCUT2D eigenvalue weighted by Crippen LogP contribution is 2.34. The first-order chi connectivity index (χ1) is 9.58. The lowest BCUT2D eigenvalue weighted by Crippen LogP contribution is -2.41. The quantitative estimate of drug-likeness (QED) is 0.865. The fourth-order valence-electron chi connectivity index (χ4n) is 3.24. The summed E-state index contributed by atoms with van der Waals surface area (Å²) < 4.78 is 0.868. The molecule has 2 rings (SSSR count). The van der Waals surface area contributed by atoms with Crippen LogP contribution in [0.15, 0.2) is 22.7 Å². The summed E-state index contributed by atoms with van der Waals surface area (Å²) in [7, 11) is 0. The number of nitrogens with zero attached hydrogens (tertiary/aromatic N) is 1. The van der Waals surface area contributed by atoms with Gasteiger partial charge in [-0.25, -0.2) is 0 Å². The summed E-state index contributed by atoms with van der Waals surface area (Å²) >= 11 is 3.40. The van der Waals surface area contributed by atoms with Crippen LogP contribution in [0.3, 0.4) is 0 Å². The minimum atomic E-state index is -0.387. The first-order valence-corrected chi connectivity index (χ1v) is 7.93. The molecule has 0 aliphatic heterocycles. The van der Waals surface area contributed by atoms with E-state index < -0.39 is 0 Å². The second-order valence-corrected chi connectivity index (χ2v) is 6.22. The van der Waals surface area contributed by atoms with Gasteiger partial charge < -0.3 is 16.4 Å². The van der Waals surface area contributed by atoms with Gasteiger partial charge in [-0.1, -0.05) is 22.4 Å². The number of carbonyl (C=O) groups excluding carboxylic acids is 1. The van der Waals surface area contributed by atoms with Crippen LogP contribution in [0.25, 0.3) is 0 Å². The predicted molar refractivity (Wildman–Crippen MR) is 85.9 cm³/mol. The number of halogens is 1. The van der Waals surface area contributed by atoms with Gasteiger partial charge >= 0.3 is 0 Å². The summed E-state index contributed by atoms with van der Waals surface area (Å²) in [6, 6.07) is 6.13. The van der Waals surface area contributed by atoms with Crippen molar-refractivity contribution in [3.05, 3.63) is 28.2 Å². The molecule has 5 heteroatoms. The third kappa shape index (κ3) is 2.99. The van der Waals surface area contributed by atoms with E-state index in [0.29, 0.717) is 24.1 Å². The molecule has 1 fully saturated rings. The third-order valence-electron chi connectivity index (χ3n) is 4.20. The summed E-state index contributed by atoms with van der Waals surface area (Å²) in [5.74, 6) is 0.112. The summed E-state index contributed by atoms with van der Waals surface area (Å²) in [5.41, 5.74) is 12.9. The van der Waals surface area contributed by atoms with Crippen LogP contribution in [0.4, 0.5) is 5.69 Å². The molecule has 1 saturated carbocycles. The van der Waals surface area contributed by atoms with Gasteiger partial charge in [0.25, 0.3) is 5.91 Å². The Balaban J connectivity index is 2.39. The number of carbonyl (C=O) groups is 1. The van der Waals surface area contributed by atoms with Gasteiger partial charge in [-0.05, 0) is 50.4 Å². The third-order valence-corrected chi connectivity index (χ3v) is 4.69. The van der Waals surface area contributed by atoms with Gasteiger partial charge in [-0.15, -0.1) is 0 Å². The monoisotopic (exact) mass is 339 g/mol. The maximum Gasteiger partial charge on any atom is 0.250 e. The molecule has 4 N–H and O–H groups in total. The van der Waals surface area contributed by atoms with E-state index in [1.54, 1.807) is 6.07 Å². The average molecular weight is 340 g/mol. The Bertz CT molecular complexity index is 492. The summed E-state index contributed by atoms with van der Waals surface area (Å²) in [6.07, 6.45) is 3.50. The van der Waals surface area contributed by atoms with Gasteiger partial charge in [-0.2, -0.15) is 0 Å². The van der Waals surface area contributed by atoms with Crippen molar-refractivity contribution in [2.24, 2.45) is 17.4 Å². The molecule has 0 spiro atoms. The Kier molecular flexibility index (Phi) is 5.05. The standard InChI is InChI=1S/C15H22BrN3O/c1-2-19(13-5-3-4-10(13)9-17)14-7-6-11(16)8-12(14)15(18)20/h6-8,10,13H,2-5,9,17H2,1H3,(H2,18,20). The molecule has 0 aromatic heterocycles. The predicted octanol–water partition coefficient (Wildman–Crippen LogP) is 2.50. The zero-order valence-electron chi connectivity index (χ0n) is 11.8. The smallest absolute Gasteiger partial charge is 0.250 e. The molecule has 2 unspecified atom stereocenters. The average Bonchev–Trinajstić information content (AvgIpc) is 2.89. The summed E-state index contributed by atoms with van der Waals surface area (Å²) in [5, 5.41) is 0. The van der Waals surface area contributed by atoms with E-state index >= 15 is 0 Å². The van der Waals surface area contributed by atoms with Crippen LogP contribution in [0, 0.1) is 5.92 Å². The molecule has 20 heavy (non-hydrogen) atoms. The lowest BCUT2D eigenvalue weighted by Gasteiger charge is -2.35. The van der Waals surface area contributed by atoms with Crippen LogP contribution >= 0.6 is 15.9 Å². The molecule has 4 nitrogen and oxygen atoms in total. The minimum absolute atomic E-state index is 0.387. The normalized spacial score (nSPS) is 21.9. The van der Waals surface area contributed by atoms with Gasteiger partial charge in [0, 0.05) is 22.7 Å². The van der Waals surface area contributed by atoms with Crippen LogP contribution in [0.5, 0.6) is 0 Å². The Labute approximate surface area is 128 Å². The van der Waals surface area contributed by atoms with E-state index in [9.17, 15) is 4.79 Å². The van der Waals surface area contributed by atoms with Crippen LogP contribution in [-0.2, 0) is 0 Å². The summed E-state index contributed by atoms with van der Waals surface area (Å²) in [6.45, 7) is 3.66. The SMILES string of the molecule is CCN(c1ccc(Br)cc1C(N)=O)C1CCCC1CN. The van der Waals surface area contributed by atoms with Gasteiger partial charge in [0.15, 0.2) is 0 Å². The molecule has 0 bridgehead atoms. The fourth-order valence-corrected chi connectivity index (χ4v) is 3.60. The van der Waals surface area contributed by atoms with Crippen LogP contribution in [0.1, 0.15) is 36.5 Å². The lowest BCUT2D eigenvalue weighted by molar-refractivity contribution is 0.100. The van der Waals surface area contributed by atoms with Crippen molar-refractivity contribution in [2.45, 2.75) is 32.2 Å². The number of benzene rings is 1. The van der Waals surface area contributed by atoms with Crippen LogP contribution in [-0.4, -0.2) is 25.0 Å². The molecular weight excluding hydrogens is 318 g/mol. The highest BCUT2D eigenvalue weighted by atomic mass is 79.9. The molecule has 2 atom stereocenters. The zero-order valence-corrected chi connectivity index (χ0v) is 13.4. The maximum atomic E-state index is 11.7. The van der Waals surface area contributed by atoms with Gasteiger partial charge in [-0.3, -0.25) is 4.79 Å². The van der Waals surface area contributed by atoms with Crippen molar-refractivity contribution in [3.63, 3.8) is 0 Å². The first-order valence-electron chi connectivity index (χ1n) is 7.14. The van der Waals surface area contributed by atoms with Gasteiger partial charge in [0.05, 0.1) is 5.56 Å². The number of primary amides is 1. The molecule has 1 aromatic carbocycles. The Hall–Kier alpha value is -1.07. The fraction of sp³-hybridized carbons (Fsp3) is 0.533. The second kappa shape index (κ2) is 6.59. The molecule has 1 aliphatic carbocycles. The lowest BCUT2D eigenvalue weighted by atomic mass is 10.0. The van der Waals surface area contributed by atoms with E-state index in [0.717, 1.165) is 23.1 Å². The largest absolute Gasteiger partial charge is 0.368 e. The van der Waals surface area contributed by atoms with Crippen molar-refractivity contribution >= 4 is 27.5 Å². The van der Waals surface area contributed by atoms with Crippen molar-refractivity contribution in [1.29, 1.82) is 0 Å². The maximum absolute atomic E-state index is 11.7. The van der Waals surface area contributed by atoms with E-state index in [-0.39, 0.29) is 5.91 Å². The molecule has 0 saturated heterocycles. The molecule has 1 amide bonds. The number of rotatable bonds is 5. The Morgan fingerprint density at radius 3 is 2.80 bits per heavy atom. The van der Waals surface area contributed by atoms with Crippen molar-refractivity contribution in [1.82, 2.24) is 0 Å². The second-order valence-electron chi connectivity index (χ2n) is 5.31. The van der Waals surface area contributed by atoms with Crippen molar-refractivity contribution < 1.29 is 4.79 Å². The Morgan fingerprint density at radius 1 is 1.45 bits per heavy atom. The highest BCUT2D eigenvalue weighted by Gasteiger charge is 2.32. The van der Waals surface area contributed by atoms with E-state index in [1.807, 2.05) is 12.1 Å². The molecule has 0 radical (unpaired) electrons. The number of hydrogen-bond acceptors (Lipinski definition) is 3. The topological polar surface area (TPSA) is 72.3 Å². The van der Waals surface area contributed by atoms with E-state index in [1.165, 1.54) is 12.8 Å². The van der Waals surface area contributed by atoms with Crippen molar-refractivity contribution in [2.75, 3.05) is 18.0 Å². The molecular formula is C15H22BrN3O. The number of anilines is 1. The van der Waals surface area contributed by atoms with Crippen LogP contribution in [0.2, 0.25) is 0 Å². The Morgan fingerprint density at radius 2 is 2.20 bits per heavy atom. The first kappa shape index (κ1) is 15.3. The van der Waals surface area contributed by atoms with Gasteiger partial charge in [0.1, 0.15) is 0 Å². The molecule has 1 aromatic rings. The minimum Gasteiger partial charge on any atom is -0.368 e. The number of nitrogens with two attached hydrogens (primary N) is 2. The molecule has 0 heterocycles. The number of hydrogen-bond donors (Lipinski definition) is 2. The van der Waals surface area contributed by atoms with Crippen molar-refractivity contribution in [3.8, 4) is 0 Å². The van der Waals surface area contributed by atoms with Gasteiger partial charge in [0.2, 0.25) is 0 Å². The summed E-state index contributed by atoms with van der Waals surface area (Å²) in [4.78, 5) is 14.0. The highest BCUT2D eigenvalue weighted by molar-refractivity contribution is 9.10. The molecule has 110 valence electrons. The number of amides is 1. The molecule has 1 aliphatic rings. The van der Waals surface area contributed by atoms with E-state index in [4.69, 9.17) is 11.5 Å². The zero-order chi connectivity index (χ0) is 14.7. The van der Waals surface area contributed by atoms with Crippen LogP contribution < -0.4 is 16.4 Å².